The molecule has 1 heterocycles. The lowest BCUT2D eigenvalue weighted by molar-refractivity contribution is 0.133. The Morgan fingerprint density at radius 1 is 1.22 bits per heavy atom. The van der Waals surface area contributed by atoms with Gasteiger partial charge in [0.2, 0.25) is 0 Å². The summed E-state index contributed by atoms with van der Waals surface area (Å²) in [6.45, 7) is 12.4. The van der Waals surface area contributed by atoms with Crippen LogP contribution in [0.1, 0.15) is 47.4 Å². The van der Waals surface area contributed by atoms with Gasteiger partial charge in [-0.25, -0.2) is 0 Å². The molecule has 1 fully saturated rings. The van der Waals surface area contributed by atoms with Crippen molar-refractivity contribution in [2.75, 3.05) is 45.9 Å². The first-order valence-corrected chi connectivity index (χ1v) is 7.87. The average molecular weight is 258 g/mol. The van der Waals surface area contributed by atoms with E-state index < -0.39 is 0 Å². The first kappa shape index (κ1) is 15.9. The van der Waals surface area contributed by atoms with Gasteiger partial charge in [-0.05, 0) is 77.7 Å². The summed E-state index contributed by atoms with van der Waals surface area (Å²) in [7, 11) is 0. The second-order valence-corrected chi connectivity index (χ2v) is 5.39. The maximum Gasteiger partial charge on any atom is 0.0466 e. The first-order valence-electron chi connectivity index (χ1n) is 7.87. The largest absolute Gasteiger partial charge is 0.382 e. The molecule has 0 aliphatic carbocycles. The Morgan fingerprint density at radius 3 is 2.67 bits per heavy atom. The molecule has 0 spiro atoms. The van der Waals surface area contributed by atoms with Crippen LogP contribution in [0.3, 0.4) is 0 Å². The zero-order valence-corrected chi connectivity index (χ0v) is 12.4. The van der Waals surface area contributed by atoms with Crippen LogP contribution in [0.4, 0.5) is 0 Å². The molecule has 0 saturated carbocycles. The zero-order valence-electron chi connectivity index (χ0n) is 12.4. The van der Waals surface area contributed by atoms with Crippen LogP contribution >= 0.6 is 0 Å². The van der Waals surface area contributed by atoms with Crippen molar-refractivity contribution in [2.24, 2.45) is 5.92 Å². The zero-order chi connectivity index (χ0) is 13.1. The van der Waals surface area contributed by atoms with E-state index in [0.29, 0.717) is 0 Å². The summed E-state index contributed by atoms with van der Waals surface area (Å²) in [6.07, 6.45) is 6.51. The van der Waals surface area contributed by atoms with Gasteiger partial charge >= 0.3 is 0 Å². The van der Waals surface area contributed by atoms with Crippen molar-refractivity contribution in [3.8, 4) is 0 Å². The van der Waals surface area contributed by atoms with Crippen molar-refractivity contribution >= 4 is 0 Å². The quantitative estimate of drug-likeness (QED) is 0.610. The Hall–Kier alpha value is -0.120. The number of hydrogen-bond donors (Lipinski definition) is 1. The van der Waals surface area contributed by atoms with Crippen molar-refractivity contribution in [3.05, 3.63) is 0 Å². The fourth-order valence-electron chi connectivity index (χ4n) is 2.58. The average Bonchev–Trinajstić information content (AvgIpc) is 2.40. The topological polar surface area (TPSA) is 24.5 Å². The molecule has 0 radical (unpaired) electrons. The standard InChI is InChI=1S/C15H32N2O.H2/c1-3-9-16-14-15-7-11-17(12-8-15)10-5-6-13-18-4-2;/h15-16H,3-14H2,1-2H3;1H. The van der Waals surface area contributed by atoms with E-state index in [0.717, 1.165) is 19.1 Å². The van der Waals surface area contributed by atoms with Gasteiger partial charge in [0.05, 0.1) is 0 Å². The van der Waals surface area contributed by atoms with Crippen LogP contribution in [0.15, 0.2) is 0 Å². The SMILES string of the molecule is CCCNCC1CCN(CCCCOCC)CC1.[HH]. The molecule has 3 nitrogen and oxygen atoms in total. The van der Waals surface area contributed by atoms with Gasteiger partial charge in [0.15, 0.2) is 0 Å². The third-order valence-corrected chi connectivity index (χ3v) is 3.78. The summed E-state index contributed by atoms with van der Waals surface area (Å²) < 4.78 is 5.37. The van der Waals surface area contributed by atoms with Crippen molar-refractivity contribution in [1.29, 1.82) is 0 Å². The van der Waals surface area contributed by atoms with Crippen LogP contribution in [-0.4, -0.2) is 50.8 Å². The third-order valence-electron chi connectivity index (χ3n) is 3.78. The van der Waals surface area contributed by atoms with Crippen molar-refractivity contribution < 1.29 is 6.16 Å². The summed E-state index contributed by atoms with van der Waals surface area (Å²) in [5.74, 6) is 0.913. The van der Waals surface area contributed by atoms with E-state index in [2.05, 4.69) is 24.1 Å². The van der Waals surface area contributed by atoms with E-state index in [4.69, 9.17) is 4.74 Å². The van der Waals surface area contributed by atoms with Gasteiger partial charge in [-0.2, -0.15) is 0 Å². The predicted octanol–water partition coefficient (Wildman–Crippen LogP) is 2.76. The van der Waals surface area contributed by atoms with Crippen molar-refractivity contribution in [1.82, 2.24) is 10.2 Å². The highest BCUT2D eigenvalue weighted by molar-refractivity contribution is 4.73. The molecule has 18 heavy (non-hydrogen) atoms. The number of unbranched alkanes of at least 4 members (excludes halogenated alkanes) is 1. The number of rotatable bonds is 10. The molecule has 0 aromatic carbocycles. The van der Waals surface area contributed by atoms with E-state index in [-0.39, 0.29) is 1.43 Å². The number of ether oxygens (including phenoxy) is 1. The molecule has 1 aliphatic heterocycles. The van der Waals surface area contributed by atoms with Gasteiger partial charge in [-0.1, -0.05) is 6.92 Å². The monoisotopic (exact) mass is 258 g/mol. The summed E-state index contributed by atoms with van der Waals surface area (Å²) in [4.78, 5) is 2.63. The molecule has 0 unspecified atom stereocenters. The fraction of sp³-hybridized carbons (Fsp3) is 1.00. The Kier molecular flexibility index (Phi) is 9.54. The van der Waals surface area contributed by atoms with E-state index >= 15 is 0 Å². The number of likely N-dealkylation sites (tertiary alicyclic amines) is 1. The minimum Gasteiger partial charge on any atom is -0.382 e. The van der Waals surface area contributed by atoms with Gasteiger partial charge < -0.3 is 15.0 Å². The van der Waals surface area contributed by atoms with Crippen LogP contribution in [-0.2, 0) is 4.74 Å². The predicted molar refractivity (Wildman–Crippen MR) is 80.2 cm³/mol. The van der Waals surface area contributed by atoms with E-state index in [1.165, 1.54) is 64.8 Å². The first-order chi connectivity index (χ1) is 8.86. The smallest absolute Gasteiger partial charge is 0.0466 e. The number of hydrogen-bond acceptors (Lipinski definition) is 3. The number of piperidine rings is 1. The molecule has 0 atom stereocenters. The van der Waals surface area contributed by atoms with Gasteiger partial charge in [0.1, 0.15) is 0 Å². The molecular formula is C15H34N2O. The second-order valence-electron chi connectivity index (χ2n) is 5.39. The lowest BCUT2D eigenvalue weighted by Gasteiger charge is -2.32. The van der Waals surface area contributed by atoms with E-state index in [9.17, 15) is 0 Å². The molecule has 1 saturated heterocycles. The highest BCUT2D eigenvalue weighted by atomic mass is 16.5. The van der Waals surface area contributed by atoms with E-state index in [1.54, 1.807) is 0 Å². The third kappa shape index (κ3) is 7.34. The van der Waals surface area contributed by atoms with Crippen molar-refractivity contribution in [3.63, 3.8) is 0 Å². The lowest BCUT2D eigenvalue weighted by atomic mass is 9.96. The van der Waals surface area contributed by atoms with Crippen molar-refractivity contribution in [2.45, 2.75) is 46.0 Å². The Bertz CT molecular complexity index is 185. The maximum atomic E-state index is 5.37. The Morgan fingerprint density at radius 2 is 2.00 bits per heavy atom. The highest BCUT2D eigenvalue weighted by Gasteiger charge is 2.17. The Balaban J connectivity index is 0.00000324. The Labute approximate surface area is 115 Å². The van der Waals surface area contributed by atoms with Gasteiger partial charge in [0, 0.05) is 14.6 Å². The molecule has 110 valence electrons. The lowest BCUT2D eigenvalue weighted by Crippen LogP contribution is -2.37. The van der Waals surface area contributed by atoms with Crippen LogP contribution in [0.2, 0.25) is 0 Å². The minimum atomic E-state index is 0. The summed E-state index contributed by atoms with van der Waals surface area (Å²) in [6, 6.07) is 0. The van der Waals surface area contributed by atoms with Crippen LogP contribution < -0.4 is 5.32 Å². The van der Waals surface area contributed by atoms with Crippen LogP contribution in [0.25, 0.3) is 0 Å². The molecule has 1 rings (SSSR count). The fourth-order valence-corrected chi connectivity index (χ4v) is 2.58. The number of nitrogens with zero attached hydrogens (tertiary/aromatic N) is 1. The highest BCUT2D eigenvalue weighted by Crippen LogP contribution is 2.16. The van der Waals surface area contributed by atoms with Crippen LogP contribution in [0.5, 0.6) is 0 Å². The summed E-state index contributed by atoms with van der Waals surface area (Å²) >= 11 is 0. The molecule has 0 aromatic rings. The van der Waals surface area contributed by atoms with E-state index in [1.807, 2.05) is 0 Å². The normalized spacial score (nSPS) is 18.3. The molecular weight excluding hydrogens is 224 g/mol. The molecule has 1 N–H and O–H groups in total. The van der Waals surface area contributed by atoms with Gasteiger partial charge in [-0.15, -0.1) is 0 Å². The molecule has 0 aromatic heterocycles. The minimum absolute atomic E-state index is 0. The molecule has 0 amide bonds. The molecule has 1 aliphatic rings. The molecule has 0 bridgehead atoms. The molecule has 3 heteroatoms. The summed E-state index contributed by atoms with van der Waals surface area (Å²) in [5, 5.41) is 3.55. The summed E-state index contributed by atoms with van der Waals surface area (Å²) in [5.41, 5.74) is 0. The number of nitrogens with one attached hydrogen (secondary N) is 1. The van der Waals surface area contributed by atoms with Gasteiger partial charge in [0.25, 0.3) is 0 Å². The van der Waals surface area contributed by atoms with Crippen LogP contribution in [0, 0.1) is 5.92 Å². The van der Waals surface area contributed by atoms with Gasteiger partial charge in [-0.3, -0.25) is 0 Å². The second kappa shape index (κ2) is 10.8. The maximum absolute atomic E-state index is 5.37.